The molecule has 0 radical (unpaired) electrons. The first kappa shape index (κ1) is 18.7. The molecule has 0 spiro atoms. The summed E-state index contributed by atoms with van der Waals surface area (Å²) in [6, 6.07) is 12.8. The lowest BCUT2D eigenvalue weighted by Crippen LogP contribution is -2.55. The van der Waals surface area contributed by atoms with Gasteiger partial charge in [-0.3, -0.25) is 9.80 Å². The fourth-order valence-corrected chi connectivity index (χ4v) is 4.66. The number of aliphatic hydroxyl groups is 2. The Labute approximate surface area is 161 Å². The number of benzene rings is 2. The van der Waals surface area contributed by atoms with Gasteiger partial charge in [-0.15, -0.1) is 0 Å². The van der Waals surface area contributed by atoms with Gasteiger partial charge in [-0.25, -0.2) is 0 Å². The third-order valence-electron chi connectivity index (χ3n) is 6.19. The average Bonchev–Trinajstić information content (AvgIpc) is 2.69. The molecule has 0 aliphatic carbocycles. The van der Waals surface area contributed by atoms with Crippen LogP contribution in [0.15, 0.2) is 36.4 Å². The Balaban J connectivity index is 1.44. The van der Waals surface area contributed by atoms with Crippen LogP contribution in [0.5, 0.6) is 5.75 Å². The van der Waals surface area contributed by atoms with Crippen molar-refractivity contribution in [3.05, 3.63) is 42.0 Å². The van der Waals surface area contributed by atoms with E-state index in [2.05, 4.69) is 34.1 Å². The predicted molar refractivity (Wildman–Crippen MR) is 107 cm³/mol. The third-order valence-corrected chi connectivity index (χ3v) is 6.19. The molecule has 2 aliphatic rings. The van der Waals surface area contributed by atoms with Gasteiger partial charge in [0.05, 0.1) is 19.3 Å². The summed E-state index contributed by atoms with van der Waals surface area (Å²) in [7, 11) is 1.71. The molecule has 5 heteroatoms. The summed E-state index contributed by atoms with van der Waals surface area (Å²) in [5, 5.41) is 22.8. The number of piperidine rings is 2. The molecule has 27 heavy (non-hydrogen) atoms. The predicted octanol–water partition coefficient (Wildman–Crippen LogP) is 2.24. The van der Waals surface area contributed by atoms with Gasteiger partial charge in [-0.1, -0.05) is 30.3 Å². The second-order valence-corrected chi connectivity index (χ2v) is 7.90. The molecule has 2 fully saturated rings. The Morgan fingerprint density at radius 1 is 0.963 bits per heavy atom. The van der Waals surface area contributed by atoms with Crippen molar-refractivity contribution in [2.75, 3.05) is 33.3 Å². The van der Waals surface area contributed by atoms with Gasteiger partial charge in [0.2, 0.25) is 0 Å². The first-order valence-electron chi connectivity index (χ1n) is 10.0. The van der Waals surface area contributed by atoms with Crippen LogP contribution in [0.4, 0.5) is 0 Å². The number of hydrogen-bond donors (Lipinski definition) is 2. The number of fused-ring (bicyclic) bond motifs is 1. The van der Waals surface area contributed by atoms with Crippen LogP contribution >= 0.6 is 0 Å². The lowest BCUT2D eigenvalue weighted by molar-refractivity contribution is -0.0354. The van der Waals surface area contributed by atoms with Crippen LogP contribution in [-0.4, -0.2) is 71.6 Å². The second-order valence-electron chi connectivity index (χ2n) is 7.90. The minimum atomic E-state index is -0.335. The van der Waals surface area contributed by atoms with E-state index in [9.17, 15) is 10.2 Å². The van der Waals surface area contributed by atoms with Crippen LogP contribution in [0, 0.1) is 0 Å². The minimum absolute atomic E-state index is 0.165. The minimum Gasteiger partial charge on any atom is -0.496 e. The standard InChI is InChI=1S/C22H30N2O3/c1-27-22-7-6-16(18-4-2-3-5-19(18)22)14-23-11-10-20(21(26)15-23)24-12-8-17(25)9-13-24/h2-7,17,20-21,25-26H,8-15H2,1H3/t20-,21-/m1/s1. The highest BCUT2D eigenvalue weighted by Crippen LogP contribution is 2.30. The Kier molecular flexibility index (Phi) is 5.64. The monoisotopic (exact) mass is 370 g/mol. The van der Waals surface area contributed by atoms with Gasteiger partial charge in [0, 0.05) is 44.2 Å². The van der Waals surface area contributed by atoms with Gasteiger partial charge in [0.15, 0.2) is 0 Å². The number of nitrogens with zero attached hydrogens (tertiary/aromatic N) is 2. The first-order chi connectivity index (χ1) is 13.2. The van der Waals surface area contributed by atoms with Crippen molar-refractivity contribution in [3.63, 3.8) is 0 Å². The third kappa shape index (κ3) is 3.97. The number of ether oxygens (including phenoxy) is 1. The highest BCUT2D eigenvalue weighted by molar-refractivity contribution is 5.91. The number of hydrogen-bond acceptors (Lipinski definition) is 5. The summed E-state index contributed by atoms with van der Waals surface area (Å²) < 4.78 is 5.50. The number of β-amino-alcohol motifs (C(OH)–C–C–N with tert-alkyl or cyclic N) is 1. The van der Waals surface area contributed by atoms with Crippen molar-refractivity contribution in [2.24, 2.45) is 0 Å². The number of rotatable bonds is 4. The van der Waals surface area contributed by atoms with Crippen molar-refractivity contribution >= 4 is 10.8 Å². The Morgan fingerprint density at radius 2 is 1.70 bits per heavy atom. The summed E-state index contributed by atoms with van der Waals surface area (Å²) in [6.07, 6.45) is 2.13. The number of aliphatic hydroxyl groups excluding tert-OH is 2. The molecule has 146 valence electrons. The van der Waals surface area contributed by atoms with Crippen molar-refractivity contribution in [2.45, 2.75) is 44.1 Å². The van der Waals surface area contributed by atoms with Crippen molar-refractivity contribution in [3.8, 4) is 5.75 Å². The van der Waals surface area contributed by atoms with Gasteiger partial charge in [0.25, 0.3) is 0 Å². The van der Waals surface area contributed by atoms with E-state index in [0.717, 1.165) is 56.6 Å². The van der Waals surface area contributed by atoms with E-state index >= 15 is 0 Å². The molecule has 2 aromatic rings. The second kappa shape index (κ2) is 8.15. The van der Waals surface area contributed by atoms with Crippen LogP contribution in [0.1, 0.15) is 24.8 Å². The summed E-state index contributed by atoms with van der Waals surface area (Å²) in [6.45, 7) is 4.32. The Hall–Kier alpha value is -1.66. The number of methoxy groups -OCH3 is 1. The maximum absolute atomic E-state index is 10.8. The molecule has 2 N–H and O–H groups in total. The largest absolute Gasteiger partial charge is 0.496 e. The summed E-state index contributed by atoms with van der Waals surface area (Å²) >= 11 is 0. The lowest BCUT2D eigenvalue weighted by atomic mass is 9.95. The molecule has 0 bridgehead atoms. The van der Waals surface area contributed by atoms with Gasteiger partial charge >= 0.3 is 0 Å². The summed E-state index contributed by atoms with van der Waals surface area (Å²) in [5.74, 6) is 0.903. The molecule has 2 aliphatic heterocycles. The molecule has 5 nitrogen and oxygen atoms in total. The Bertz CT molecular complexity index is 773. The topological polar surface area (TPSA) is 56.2 Å². The van der Waals surface area contributed by atoms with E-state index in [1.807, 2.05) is 12.1 Å². The zero-order chi connectivity index (χ0) is 18.8. The molecule has 2 aromatic carbocycles. The van der Waals surface area contributed by atoms with E-state index in [1.54, 1.807) is 7.11 Å². The summed E-state index contributed by atoms with van der Waals surface area (Å²) in [5.41, 5.74) is 1.28. The van der Waals surface area contributed by atoms with Gasteiger partial charge < -0.3 is 14.9 Å². The van der Waals surface area contributed by atoms with Crippen LogP contribution < -0.4 is 4.74 Å². The van der Waals surface area contributed by atoms with E-state index in [4.69, 9.17) is 4.74 Å². The van der Waals surface area contributed by atoms with E-state index < -0.39 is 0 Å². The normalized spacial score (nSPS) is 25.7. The number of likely N-dealkylation sites (tertiary alicyclic amines) is 2. The van der Waals surface area contributed by atoms with Gasteiger partial charge in [-0.05, 0) is 36.3 Å². The van der Waals surface area contributed by atoms with Crippen molar-refractivity contribution in [1.82, 2.24) is 9.80 Å². The van der Waals surface area contributed by atoms with Crippen LogP contribution in [-0.2, 0) is 6.54 Å². The smallest absolute Gasteiger partial charge is 0.126 e. The maximum atomic E-state index is 10.8. The van der Waals surface area contributed by atoms with E-state index in [-0.39, 0.29) is 18.2 Å². The molecular weight excluding hydrogens is 340 g/mol. The highest BCUT2D eigenvalue weighted by atomic mass is 16.5. The molecule has 4 rings (SSSR count). The fraction of sp³-hybridized carbons (Fsp3) is 0.545. The zero-order valence-electron chi connectivity index (χ0n) is 16.1. The van der Waals surface area contributed by atoms with E-state index in [0.29, 0.717) is 6.54 Å². The molecular formula is C22H30N2O3. The first-order valence-corrected chi connectivity index (χ1v) is 10.0. The molecule has 0 amide bonds. The summed E-state index contributed by atoms with van der Waals surface area (Å²) in [4.78, 5) is 4.73. The molecule has 2 saturated heterocycles. The average molecular weight is 370 g/mol. The molecule has 0 unspecified atom stereocenters. The Morgan fingerprint density at radius 3 is 2.41 bits per heavy atom. The molecule has 2 atom stereocenters. The van der Waals surface area contributed by atoms with Crippen molar-refractivity contribution in [1.29, 1.82) is 0 Å². The molecule has 0 saturated carbocycles. The highest BCUT2D eigenvalue weighted by Gasteiger charge is 2.33. The van der Waals surface area contributed by atoms with E-state index in [1.165, 1.54) is 10.9 Å². The van der Waals surface area contributed by atoms with Crippen LogP contribution in [0.2, 0.25) is 0 Å². The molecule has 2 heterocycles. The quantitative estimate of drug-likeness (QED) is 0.865. The maximum Gasteiger partial charge on any atom is 0.126 e. The zero-order valence-corrected chi connectivity index (χ0v) is 16.1. The fourth-order valence-electron chi connectivity index (χ4n) is 4.66. The SMILES string of the molecule is COc1ccc(CN2CC[C@@H](N3CCC(O)CC3)[C@H](O)C2)c2ccccc12. The lowest BCUT2D eigenvalue weighted by Gasteiger charge is -2.43. The molecule has 0 aromatic heterocycles. The van der Waals surface area contributed by atoms with Crippen molar-refractivity contribution < 1.29 is 14.9 Å². The van der Waals surface area contributed by atoms with Crippen LogP contribution in [0.3, 0.4) is 0 Å². The van der Waals surface area contributed by atoms with Gasteiger partial charge in [-0.2, -0.15) is 0 Å². The van der Waals surface area contributed by atoms with Gasteiger partial charge in [0.1, 0.15) is 5.75 Å². The van der Waals surface area contributed by atoms with Crippen LogP contribution in [0.25, 0.3) is 10.8 Å².